The first-order valence-corrected chi connectivity index (χ1v) is 13.6. The van der Waals surface area contributed by atoms with Gasteiger partial charge in [0.1, 0.15) is 0 Å². The van der Waals surface area contributed by atoms with Crippen molar-refractivity contribution < 1.29 is 0 Å². The SMILES string of the molecule is CCCCc1ccc2[nH]c3cc4c(=O)c5cc(CCCC)ccc5n(CCCC)c4cc3c(=O)c2c1. The van der Waals surface area contributed by atoms with Crippen molar-refractivity contribution >= 4 is 43.6 Å². The molecular weight excluding hydrogens is 444 g/mol. The fourth-order valence-corrected chi connectivity index (χ4v) is 5.37. The zero-order valence-corrected chi connectivity index (χ0v) is 21.7. The molecule has 36 heavy (non-hydrogen) atoms. The van der Waals surface area contributed by atoms with Gasteiger partial charge in [-0.25, -0.2) is 0 Å². The Hall–Kier alpha value is -3.40. The van der Waals surface area contributed by atoms with Crippen LogP contribution in [0.15, 0.2) is 58.1 Å². The Labute approximate surface area is 212 Å². The van der Waals surface area contributed by atoms with Crippen LogP contribution in [0.5, 0.6) is 0 Å². The van der Waals surface area contributed by atoms with E-state index in [2.05, 4.69) is 54.6 Å². The minimum Gasteiger partial charge on any atom is -0.354 e. The van der Waals surface area contributed by atoms with E-state index in [1.807, 2.05) is 24.3 Å². The van der Waals surface area contributed by atoms with E-state index in [4.69, 9.17) is 0 Å². The Kier molecular flexibility index (Phi) is 6.95. The van der Waals surface area contributed by atoms with Crippen molar-refractivity contribution in [3.63, 3.8) is 0 Å². The van der Waals surface area contributed by atoms with E-state index in [1.54, 1.807) is 0 Å². The van der Waals surface area contributed by atoms with Crippen molar-refractivity contribution in [2.24, 2.45) is 0 Å². The summed E-state index contributed by atoms with van der Waals surface area (Å²) in [7, 11) is 0. The van der Waals surface area contributed by atoms with Crippen molar-refractivity contribution in [3.8, 4) is 0 Å². The van der Waals surface area contributed by atoms with Crippen LogP contribution in [0.3, 0.4) is 0 Å². The molecule has 2 heterocycles. The molecule has 4 nitrogen and oxygen atoms in total. The third-order valence-electron chi connectivity index (χ3n) is 7.48. The average molecular weight is 481 g/mol. The Morgan fingerprint density at radius 3 is 1.89 bits per heavy atom. The van der Waals surface area contributed by atoms with Crippen LogP contribution in [0.4, 0.5) is 0 Å². The minimum atomic E-state index is 0.0310. The number of aromatic amines is 1. The number of benzene rings is 3. The molecule has 0 saturated heterocycles. The smallest absolute Gasteiger partial charge is 0.197 e. The van der Waals surface area contributed by atoms with E-state index in [1.165, 1.54) is 11.1 Å². The molecule has 5 rings (SSSR count). The Bertz CT molecular complexity index is 1690. The molecule has 0 bridgehead atoms. The van der Waals surface area contributed by atoms with Crippen molar-refractivity contribution in [3.05, 3.63) is 80.1 Å². The maximum Gasteiger partial charge on any atom is 0.197 e. The topological polar surface area (TPSA) is 54.9 Å². The van der Waals surface area contributed by atoms with E-state index >= 15 is 0 Å². The Balaban J connectivity index is 1.80. The number of aryl methyl sites for hydroxylation is 3. The van der Waals surface area contributed by atoms with Crippen molar-refractivity contribution in [2.75, 3.05) is 0 Å². The summed E-state index contributed by atoms with van der Waals surface area (Å²) in [4.78, 5) is 30.9. The molecule has 0 aliphatic heterocycles. The van der Waals surface area contributed by atoms with Gasteiger partial charge in [-0.05, 0) is 79.6 Å². The molecule has 5 aromatic rings. The maximum absolute atomic E-state index is 13.8. The number of unbranched alkanes of at least 4 members (excludes halogenated alkanes) is 3. The summed E-state index contributed by atoms with van der Waals surface area (Å²) in [6.07, 6.45) is 8.51. The molecule has 0 saturated carbocycles. The van der Waals surface area contributed by atoms with Crippen LogP contribution in [-0.4, -0.2) is 9.55 Å². The molecule has 0 aliphatic rings. The van der Waals surface area contributed by atoms with Gasteiger partial charge in [-0.1, -0.05) is 52.2 Å². The fourth-order valence-electron chi connectivity index (χ4n) is 5.37. The zero-order chi connectivity index (χ0) is 25.2. The van der Waals surface area contributed by atoms with Gasteiger partial charge in [-0.3, -0.25) is 9.59 Å². The standard InChI is InChI=1S/C32H36N2O2/c1-4-7-10-21-12-14-27-23(17-21)31(35)24-20-30-26(19-28(24)33-27)32(36)25-18-22(11-8-5-2)13-15-29(25)34(30)16-9-6-3/h12-15,17-20H,4-11,16H2,1-3H3,(H,33,35). The summed E-state index contributed by atoms with van der Waals surface area (Å²) >= 11 is 0. The maximum atomic E-state index is 13.8. The second kappa shape index (κ2) is 10.3. The summed E-state index contributed by atoms with van der Waals surface area (Å²) in [5.74, 6) is 0. The van der Waals surface area contributed by atoms with E-state index in [0.29, 0.717) is 10.8 Å². The molecule has 4 heteroatoms. The summed E-state index contributed by atoms with van der Waals surface area (Å²) in [6, 6.07) is 16.3. The lowest BCUT2D eigenvalue weighted by atomic mass is 10.0. The zero-order valence-electron chi connectivity index (χ0n) is 21.7. The van der Waals surface area contributed by atoms with Gasteiger partial charge in [0, 0.05) is 33.6 Å². The van der Waals surface area contributed by atoms with E-state index in [0.717, 1.165) is 90.8 Å². The average Bonchev–Trinajstić information content (AvgIpc) is 2.90. The molecule has 1 N–H and O–H groups in total. The number of nitrogens with one attached hydrogen (secondary N) is 1. The van der Waals surface area contributed by atoms with Crippen LogP contribution in [0.25, 0.3) is 43.6 Å². The molecule has 0 amide bonds. The fraction of sp³-hybridized carbons (Fsp3) is 0.375. The number of pyridine rings is 2. The number of aromatic nitrogens is 2. The predicted octanol–water partition coefficient (Wildman–Crippen LogP) is 7.63. The second-order valence-corrected chi connectivity index (χ2v) is 10.1. The number of hydrogen-bond acceptors (Lipinski definition) is 2. The molecule has 0 atom stereocenters. The molecule has 0 spiro atoms. The Morgan fingerprint density at radius 1 is 0.611 bits per heavy atom. The first-order valence-electron chi connectivity index (χ1n) is 13.6. The van der Waals surface area contributed by atoms with Crippen LogP contribution < -0.4 is 10.9 Å². The van der Waals surface area contributed by atoms with Gasteiger partial charge < -0.3 is 9.55 Å². The molecular formula is C32H36N2O2. The molecule has 0 aliphatic carbocycles. The van der Waals surface area contributed by atoms with Gasteiger partial charge in [0.25, 0.3) is 0 Å². The highest BCUT2D eigenvalue weighted by atomic mass is 16.1. The van der Waals surface area contributed by atoms with Crippen LogP contribution in [-0.2, 0) is 19.4 Å². The molecule has 186 valence electrons. The van der Waals surface area contributed by atoms with Crippen LogP contribution in [0.2, 0.25) is 0 Å². The molecule has 3 aromatic carbocycles. The highest BCUT2D eigenvalue weighted by Gasteiger charge is 2.15. The Morgan fingerprint density at radius 2 is 1.19 bits per heavy atom. The van der Waals surface area contributed by atoms with E-state index < -0.39 is 0 Å². The molecule has 0 fully saturated rings. The highest BCUT2D eigenvalue weighted by Crippen LogP contribution is 2.26. The van der Waals surface area contributed by atoms with E-state index in [-0.39, 0.29) is 10.9 Å². The number of H-pyrrole nitrogens is 1. The van der Waals surface area contributed by atoms with E-state index in [9.17, 15) is 9.59 Å². The summed E-state index contributed by atoms with van der Waals surface area (Å²) in [5, 5.41) is 2.81. The van der Waals surface area contributed by atoms with Gasteiger partial charge in [0.2, 0.25) is 0 Å². The normalized spacial score (nSPS) is 11.9. The van der Waals surface area contributed by atoms with Gasteiger partial charge in [-0.2, -0.15) is 0 Å². The molecule has 0 unspecified atom stereocenters. The van der Waals surface area contributed by atoms with Crippen molar-refractivity contribution in [1.82, 2.24) is 9.55 Å². The summed E-state index contributed by atoms with van der Waals surface area (Å²) in [6.45, 7) is 7.36. The molecule has 2 aromatic heterocycles. The van der Waals surface area contributed by atoms with Crippen LogP contribution in [0.1, 0.15) is 70.4 Å². The van der Waals surface area contributed by atoms with Gasteiger partial charge in [0.15, 0.2) is 10.9 Å². The minimum absolute atomic E-state index is 0.0310. The summed E-state index contributed by atoms with van der Waals surface area (Å²) in [5.41, 5.74) is 5.83. The number of hydrogen-bond donors (Lipinski definition) is 1. The van der Waals surface area contributed by atoms with Crippen LogP contribution in [0, 0.1) is 0 Å². The predicted molar refractivity (Wildman–Crippen MR) is 153 cm³/mol. The first kappa shape index (κ1) is 24.3. The largest absolute Gasteiger partial charge is 0.354 e. The lowest BCUT2D eigenvalue weighted by molar-refractivity contribution is 0.662. The van der Waals surface area contributed by atoms with Gasteiger partial charge >= 0.3 is 0 Å². The lowest BCUT2D eigenvalue weighted by Gasteiger charge is -2.17. The number of rotatable bonds is 9. The highest BCUT2D eigenvalue weighted by molar-refractivity contribution is 6.03. The van der Waals surface area contributed by atoms with Crippen LogP contribution >= 0.6 is 0 Å². The monoisotopic (exact) mass is 480 g/mol. The third kappa shape index (κ3) is 4.34. The van der Waals surface area contributed by atoms with Crippen molar-refractivity contribution in [2.45, 2.75) is 78.7 Å². The van der Waals surface area contributed by atoms with Crippen molar-refractivity contribution in [1.29, 1.82) is 0 Å². The van der Waals surface area contributed by atoms with Gasteiger partial charge in [-0.15, -0.1) is 0 Å². The molecule has 0 radical (unpaired) electrons. The summed E-state index contributed by atoms with van der Waals surface area (Å²) < 4.78 is 2.25. The first-order chi connectivity index (χ1) is 17.5. The third-order valence-corrected chi connectivity index (χ3v) is 7.48. The number of fused-ring (bicyclic) bond motifs is 4. The quantitative estimate of drug-likeness (QED) is 0.220. The second-order valence-electron chi connectivity index (χ2n) is 10.1. The lowest BCUT2D eigenvalue weighted by Crippen LogP contribution is -2.14. The van der Waals surface area contributed by atoms with Gasteiger partial charge in [0.05, 0.1) is 16.6 Å². The number of nitrogens with zero attached hydrogens (tertiary/aromatic N) is 1.